The molecule has 0 saturated heterocycles. The highest BCUT2D eigenvalue weighted by atomic mass is 32.2. The van der Waals surface area contributed by atoms with Crippen LogP contribution in [-0.4, -0.2) is 37.0 Å². The van der Waals surface area contributed by atoms with Crippen LogP contribution in [0.25, 0.3) is 0 Å². The molecule has 84 valence electrons. The number of carboxylic acid groups (broad SMARTS) is 1. The van der Waals surface area contributed by atoms with Crippen molar-refractivity contribution < 1.29 is 9.90 Å². The Morgan fingerprint density at radius 1 is 1.56 bits per heavy atom. The summed E-state index contributed by atoms with van der Waals surface area (Å²) in [6.07, 6.45) is 3.15. The van der Waals surface area contributed by atoms with Crippen LogP contribution in [-0.2, 0) is 4.79 Å². The predicted octanol–water partition coefficient (Wildman–Crippen LogP) is 0.0981. The van der Waals surface area contributed by atoms with E-state index in [1.807, 2.05) is 0 Å². The van der Waals surface area contributed by atoms with Gasteiger partial charge in [-0.25, -0.2) is 9.97 Å². The summed E-state index contributed by atoms with van der Waals surface area (Å²) in [6.45, 7) is 1.58. The molecular weight excluding hydrogens is 228 g/mol. The first-order chi connectivity index (χ1) is 7.50. The topological polar surface area (TPSA) is 101 Å². The van der Waals surface area contributed by atoms with Crippen molar-refractivity contribution in [3.8, 4) is 0 Å². The van der Waals surface area contributed by atoms with Gasteiger partial charge >= 0.3 is 5.97 Å². The molecule has 0 radical (unpaired) electrons. The molecule has 2 atom stereocenters. The Labute approximate surface area is 96.0 Å². The SMILES string of the molecule is CC1(N)N=C(c2ncccn2)SC1C(=O)O. The van der Waals surface area contributed by atoms with Gasteiger partial charge in [-0.3, -0.25) is 9.79 Å². The fourth-order valence-electron chi connectivity index (χ4n) is 1.35. The molecule has 0 aromatic carbocycles. The molecule has 16 heavy (non-hydrogen) atoms. The highest BCUT2D eigenvalue weighted by Crippen LogP contribution is 2.33. The molecule has 7 heteroatoms. The average molecular weight is 238 g/mol. The second-order valence-corrected chi connectivity index (χ2v) is 4.65. The molecule has 1 aliphatic heterocycles. The van der Waals surface area contributed by atoms with Gasteiger partial charge in [-0.15, -0.1) is 0 Å². The number of thioether (sulfide) groups is 1. The van der Waals surface area contributed by atoms with Crippen LogP contribution in [0.1, 0.15) is 12.7 Å². The molecule has 0 saturated carbocycles. The summed E-state index contributed by atoms with van der Waals surface area (Å²) in [5.74, 6) is -0.572. The van der Waals surface area contributed by atoms with Crippen LogP contribution in [0.5, 0.6) is 0 Å². The quantitative estimate of drug-likeness (QED) is 0.757. The lowest BCUT2D eigenvalue weighted by Gasteiger charge is -2.18. The summed E-state index contributed by atoms with van der Waals surface area (Å²) >= 11 is 1.08. The van der Waals surface area contributed by atoms with Crippen LogP contribution >= 0.6 is 11.8 Å². The number of aliphatic carboxylic acids is 1. The Kier molecular flexibility index (Phi) is 2.64. The van der Waals surface area contributed by atoms with Crippen molar-refractivity contribution in [2.24, 2.45) is 10.7 Å². The van der Waals surface area contributed by atoms with Gasteiger partial charge in [-0.2, -0.15) is 0 Å². The number of nitrogens with two attached hydrogens (primary N) is 1. The summed E-state index contributed by atoms with van der Waals surface area (Å²) in [5, 5.41) is 8.67. The fourth-order valence-corrected chi connectivity index (χ4v) is 2.42. The standard InChI is InChI=1S/C9H10N4O2S/c1-9(10)5(8(14)15)16-7(13-9)6-11-3-2-4-12-6/h2-5H,10H2,1H3,(H,14,15). The Balaban J connectivity index is 2.31. The van der Waals surface area contributed by atoms with Crippen molar-refractivity contribution in [1.29, 1.82) is 0 Å². The van der Waals surface area contributed by atoms with Gasteiger partial charge < -0.3 is 10.8 Å². The van der Waals surface area contributed by atoms with E-state index in [0.717, 1.165) is 11.8 Å². The maximum Gasteiger partial charge on any atom is 0.320 e. The normalized spacial score (nSPS) is 28.9. The molecule has 0 aliphatic carbocycles. The van der Waals surface area contributed by atoms with Gasteiger partial charge in [0, 0.05) is 12.4 Å². The molecule has 2 unspecified atom stereocenters. The Hall–Kier alpha value is -1.47. The lowest BCUT2D eigenvalue weighted by atomic mass is 10.1. The van der Waals surface area contributed by atoms with E-state index in [0.29, 0.717) is 10.9 Å². The molecule has 0 spiro atoms. The molecule has 0 bridgehead atoms. The minimum atomic E-state index is -1.12. The van der Waals surface area contributed by atoms with Crippen LogP contribution < -0.4 is 5.73 Å². The maximum atomic E-state index is 11.0. The van der Waals surface area contributed by atoms with E-state index in [9.17, 15) is 4.79 Å². The van der Waals surface area contributed by atoms with E-state index in [4.69, 9.17) is 10.8 Å². The zero-order chi connectivity index (χ0) is 11.8. The van der Waals surface area contributed by atoms with Crippen molar-refractivity contribution in [2.45, 2.75) is 17.8 Å². The number of aromatic nitrogens is 2. The second kappa shape index (κ2) is 3.84. The van der Waals surface area contributed by atoms with Gasteiger partial charge in [-0.1, -0.05) is 11.8 Å². The molecule has 0 fully saturated rings. The smallest absolute Gasteiger partial charge is 0.320 e. The first-order valence-electron chi connectivity index (χ1n) is 4.56. The summed E-state index contributed by atoms with van der Waals surface area (Å²) in [7, 11) is 0. The lowest BCUT2D eigenvalue weighted by molar-refractivity contribution is -0.137. The summed E-state index contributed by atoms with van der Waals surface area (Å²) < 4.78 is 0. The van der Waals surface area contributed by atoms with Crippen molar-refractivity contribution in [1.82, 2.24) is 9.97 Å². The monoisotopic (exact) mass is 238 g/mol. The van der Waals surface area contributed by atoms with Crippen molar-refractivity contribution in [3.63, 3.8) is 0 Å². The van der Waals surface area contributed by atoms with Gasteiger partial charge in [0.2, 0.25) is 0 Å². The summed E-state index contributed by atoms with van der Waals surface area (Å²) in [5.41, 5.74) is 4.69. The molecular formula is C9H10N4O2S. The van der Waals surface area contributed by atoms with Crippen molar-refractivity contribution >= 4 is 22.8 Å². The van der Waals surface area contributed by atoms with Gasteiger partial charge in [0.05, 0.1) is 0 Å². The number of hydrogen-bond donors (Lipinski definition) is 2. The molecule has 0 amide bonds. The summed E-state index contributed by atoms with van der Waals surface area (Å²) in [6, 6.07) is 1.68. The zero-order valence-electron chi connectivity index (χ0n) is 8.49. The molecule has 2 heterocycles. The van der Waals surface area contributed by atoms with Crippen LogP contribution in [0.4, 0.5) is 0 Å². The van der Waals surface area contributed by atoms with Gasteiger partial charge in [0.15, 0.2) is 5.82 Å². The average Bonchev–Trinajstić information content (AvgIpc) is 2.56. The third-order valence-corrected chi connectivity index (χ3v) is 3.50. The number of rotatable bonds is 2. The number of aliphatic imine (C=N–C) groups is 1. The van der Waals surface area contributed by atoms with Crippen LogP contribution in [0.2, 0.25) is 0 Å². The Morgan fingerprint density at radius 2 is 2.19 bits per heavy atom. The minimum absolute atomic E-state index is 0.410. The largest absolute Gasteiger partial charge is 0.480 e. The minimum Gasteiger partial charge on any atom is -0.480 e. The molecule has 2 rings (SSSR count). The number of carboxylic acids is 1. The van der Waals surface area contributed by atoms with Crippen molar-refractivity contribution in [2.75, 3.05) is 0 Å². The van der Waals surface area contributed by atoms with E-state index in [1.54, 1.807) is 25.4 Å². The summed E-state index contributed by atoms with van der Waals surface area (Å²) in [4.78, 5) is 23.1. The first kappa shape index (κ1) is 11.0. The first-order valence-corrected chi connectivity index (χ1v) is 5.44. The van der Waals surface area contributed by atoms with Crippen LogP contribution in [0.15, 0.2) is 23.5 Å². The maximum absolute atomic E-state index is 11.0. The number of carbonyl (C=O) groups is 1. The number of hydrogen-bond acceptors (Lipinski definition) is 6. The zero-order valence-corrected chi connectivity index (χ0v) is 9.31. The van der Waals surface area contributed by atoms with E-state index in [-0.39, 0.29) is 0 Å². The van der Waals surface area contributed by atoms with Crippen LogP contribution in [0.3, 0.4) is 0 Å². The van der Waals surface area contributed by atoms with Gasteiger partial charge in [0.25, 0.3) is 0 Å². The van der Waals surface area contributed by atoms with E-state index in [1.165, 1.54) is 0 Å². The van der Waals surface area contributed by atoms with E-state index >= 15 is 0 Å². The van der Waals surface area contributed by atoms with E-state index < -0.39 is 16.9 Å². The molecule has 1 aliphatic rings. The Bertz CT molecular complexity index is 446. The lowest BCUT2D eigenvalue weighted by Crippen LogP contribution is -2.45. The third kappa shape index (κ3) is 1.91. The van der Waals surface area contributed by atoms with Gasteiger partial charge in [-0.05, 0) is 13.0 Å². The predicted molar refractivity (Wildman–Crippen MR) is 60.2 cm³/mol. The Morgan fingerprint density at radius 3 is 2.69 bits per heavy atom. The van der Waals surface area contributed by atoms with Gasteiger partial charge in [0.1, 0.15) is 16.0 Å². The molecule has 1 aromatic rings. The number of nitrogens with zero attached hydrogens (tertiary/aromatic N) is 3. The van der Waals surface area contributed by atoms with Crippen molar-refractivity contribution in [3.05, 3.63) is 24.3 Å². The highest BCUT2D eigenvalue weighted by molar-refractivity contribution is 8.15. The highest BCUT2D eigenvalue weighted by Gasteiger charge is 2.43. The second-order valence-electron chi connectivity index (χ2n) is 3.55. The molecule has 3 N–H and O–H groups in total. The van der Waals surface area contributed by atoms with Crippen LogP contribution in [0, 0.1) is 0 Å². The third-order valence-electron chi connectivity index (χ3n) is 2.08. The molecule has 1 aromatic heterocycles. The molecule has 6 nitrogen and oxygen atoms in total. The fraction of sp³-hybridized carbons (Fsp3) is 0.333. The van der Waals surface area contributed by atoms with E-state index in [2.05, 4.69) is 15.0 Å².